The van der Waals surface area contributed by atoms with Gasteiger partial charge in [-0.05, 0) is 30.0 Å². The number of anilines is 2. The summed E-state index contributed by atoms with van der Waals surface area (Å²) in [4.78, 5) is 43.4. The fourth-order valence-electron chi connectivity index (χ4n) is 3.42. The van der Waals surface area contributed by atoms with Crippen LogP contribution in [0.3, 0.4) is 0 Å². The zero-order chi connectivity index (χ0) is 23.8. The molecular formula is C25H30N4O3S. The molecule has 0 aliphatic carbocycles. The zero-order valence-electron chi connectivity index (χ0n) is 19.0. The third-order valence-corrected chi connectivity index (χ3v) is 6.24. The number of benzene rings is 2. The highest BCUT2D eigenvalue weighted by Gasteiger charge is 2.24. The topological polar surface area (TPSA) is 101 Å². The van der Waals surface area contributed by atoms with Crippen molar-refractivity contribution in [2.75, 3.05) is 22.9 Å². The highest BCUT2D eigenvalue weighted by molar-refractivity contribution is 7.99. The quantitative estimate of drug-likeness (QED) is 0.444. The number of carbonyl (C=O) groups excluding carboxylic acids is 1. The van der Waals surface area contributed by atoms with Gasteiger partial charge in [0.15, 0.2) is 5.69 Å². The van der Waals surface area contributed by atoms with Crippen molar-refractivity contribution >= 4 is 29.2 Å². The first-order chi connectivity index (χ1) is 15.9. The molecule has 2 aromatic carbocycles. The van der Waals surface area contributed by atoms with E-state index in [9.17, 15) is 14.4 Å². The molecule has 0 fully saturated rings. The van der Waals surface area contributed by atoms with Crippen LogP contribution in [-0.2, 0) is 11.3 Å². The summed E-state index contributed by atoms with van der Waals surface area (Å²) in [6, 6.07) is 19.2. The SMILES string of the molecule is CC(C)CCN(C(=O)CCSc1ccccc1)c1c(N)n(Cc2ccccc2)c(=O)[nH]c1=O. The third kappa shape index (κ3) is 6.61. The minimum atomic E-state index is -0.644. The number of rotatable bonds is 10. The molecule has 7 nitrogen and oxygen atoms in total. The molecule has 174 valence electrons. The molecule has 8 heteroatoms. The first-order valence-electron chi connectivity index (χ1n) is 11.0. The number of nitrogens with two attached hydrogens (primary N) is 1. The van der Waals surface area contributed by atoms with Gasteiger partial charge in [-0.25, -0.2) is 4.79 Å². The van der Waals surface area contributed by atoms with E-state index in [1.165, 1.54) is 9.47 Å². The number of H-pyrrole nitrogens is 1. The lowest BCUT2D eigenvalue weighted by Crippen LogP contribution is -2.42. The Morgan fingerprint density at radius 2 is 1.70 bits per heavy atom. The standard InChI is InChI=1S/C25H30N4O3S/c1-18(2)13-15-28(21(30)14-16-33-20-11-7-4-8-12-20)22-23(26)29(25(32)27-24(22)31)17-19-9-5-3-6-10-19/h3-12,18H,13-17,26H2,1-2H3,(H,27,31,32). The number of nitrogen functional groups attached to an aromatic ring is 1. The number of aromatic nitrogens is 2. The summed E-state index contributed by atoms with van der Waals surface area (Å²) in [5.74, 6) is 0.707. The molecule has 1 heterocycles. The number of carbonyl (C=O) groups is 1. The van der Waals surface area contributed by atoms with Crippen LogP contribution in [0.25, 0.3) is 0 Å². The molecule has 0 bridgehead atoms. The van der Waals surface area contributed by atoms with Crippen LogP contribution in [0.2, 0.25) is 0 Å². The molecule has 0 radical (unpaired) electrons. The van der Waals surface area contributed by atoms with Crippen molar-refractivity contribution in [2.45, 2.75) is 38.1 Å². The van der Waals surface area contributed by atoms with Gasteiger partial charge in [0.25, 0.3) is 5.56 Å². The Morgan fingerprint density at radius 3 is 2.33 bits per heavy atom. The van der Waals surface area contributed by atoms with Gasteiger partial charge in [-0.2, -0.15) is 0 Å². The number of nitrogens with one attached hydrogen (secondary N) is 1. The van der Waals surface area contributed by atoms with Crippen LogP contribution in [0, 0.1) is 5.92 Å². The van der Waals surface area contributed by atoms with Gasteiger partial charge in [0, 0.05) is 23.6 Å². The second-order valence-electron chi connectivity index (χ2n) is 8.20. The van der Waals surface area contributed by atoms with Gasteiger partial charge in [-0.1, -0.05) is 62.4 Å². The maximum absolute atomic E-state index is 13.2. The monoisotopic (exact) mass is 466 g/mol. The van der Waals surface area contributed by atoms with Crippen LogP contribution in [-0.4, -0.2) is 27.8 Å². The Balaban J connectivity index is 1.88. The Hall–Kier alpha value is -3.26. The first kappa shape index (κ1) is 24.4. The molecule has 0 saturated carbocycles. The van der Waals surface area contributed by atoms with Crippen LogP contribution in [0.15, 0.2) is 75.1 Å². The lowest BCUT2D eigenvalue weighted by atomic mass is 10.1. The van der Waals surface area contributed by atoms with E-state index in [-0.39, 0.29) is 30.4 Å². The Morgan fingerprint density at radius 1 is 1.06 bits per heavy atom. The molecule has 1 amide bonds. The van der Waals surface area contributed by atoms with E-state index in [1.807, 2.05) is 60.7 Å². The summed E-state index contributed by atoms with van der Waals surface area (Å²) < 4.78 is 1.31. The normalized spacial score (nSPS) is 11.0. The fourth-order valence-corrected chi connectivity index (χ4v) is 4.28. The number of nitrogens with zero attached hydrogens (tertiary/aromatic N) is 2. The molecule has 1 aromatic heterocycles. The van der Waals surface area contributed by atoms with Crippen LogP contribution in [0.1, 0.15) is 32.3 Å². The van der Waals surface area contributed by atoms with E-state index in [0.717, 1.165) is 10.5 Å². The van der Waals surface area contributed by atoms with Crippen LogP contribution in [0.4, 0.5) is 11.5 Å². The van der Waals surface area contributed by atoms with E-state index in [2.05, 4.69) is 18.8 Å². The molecule has 0 aliphatic rings. The Labute approximate surface area is 197 Å². The third-order valence-electron chi connectivity index (χ3n) is 5.23. The summed E-state index contributed by atoms with van der Waals surface area (Å²) in [5, 5.41) is 0. The molecule has 0 saturated heterocycles. The molecule has 0 atom stereocenters. The molecular weight excluding hydrogens is 436 g/mol. The van der Waals surface area contributed by atoms with Crippen LogP contribution in [0.5, 0.6) is 0 Å². The lowest BCUT2D eigenvalue weighted by molar-refractivity contribution is -0.118. The van der Waals surface area contributed by atoms with Crippen molar-refractivity contribution in [3.63, 3.8) is 0 Å². The summed E-state index contributed by atoms with van der Waals surface area (Å²) >= 11 is 1.58. The van der Waals surface area contributed by atoms with Gasteiger partial charge < -0.3 is 10.6 Å². The Kier molecular flexibility index (Phi) is 8.54. The predicted octanol–water partition coefficient (Wildman–Crippen LogP) is 3.73. The number of hydrogen-bond donors (Lipinski definition) is 2. The minimum absolute atomic E-state index is 0.000390. The molecule has 0 unspecified atom stereocenters. The molecule has 3 N–H and O–H groups in total. The van der Waals surface area contributed by atoms with Gasteiger partial charge in [-0.3, -0.25) is 19.1 Å². The fraction of sp³-hybridized carbons (Fsp3) is 0.320. The second-order valence-corrected chi connectivity index (χ2v) is 9.37. The first-order valence-corrected chi connectivity index (χ1v) is 12.0. The molecule has 0 spiro atoms. The maximum atomic E-state index is 13.2. The number of hydrogen-bond acceptors (Lipinski definition) is 5. The average molecular weight is 467 g/mol. The highest BCUT2D eigenvalue weighted by atomic mass is 32.2. The molecule has 33 heavy (non-hydrogen) atoms. The smallest absolute Gasteiger partial charge is 0.330 e. The number of amides is 1. The van der Waals surface area contributed by atoms with Crippen molar-refractivity contribution in [1.29, 1.82) is 0 Å². The Bertz CT molecular complexity index is 1170. The predicted molar refractivity (Wildman–Crippen MR) is 135 cm³/mol. The van der Waals surface area contributed by atoms with E-state index >= 15 is 0 Å². The van der Waals surface area contributed by atoms with Crippen molar-refractivity contribution < 1.29 is 4.79 Å². The maximum Gasteiger partial charge on any atom is 0.330 e. The van der Waals surface area contributed by atoms with Gasteiger partial charge in [0.1, 0.15) is 5.82 Å². The van der Waals surface area contributed by atoms with E-state index in [0.29, 0.717) is 24.6 Å². The van der Waals surface area contributed by atoms with Crippen molar-refractivity contribution in [1.82, 2.24) is 9.55 Å². The van der Waals surface area contributed by atoms with E-state index < -0.39 is 11.2 Å². The van der Waals surface area contributed by atoms with Gasteiger partial charge in [0.05, 0.1) is 6.54 Å². The van der Waals surface area contributed by atoms with Gasteiger partial charge in [0.2, 0.25) is 5.91 Å². The zero-order valence-corrected chi connectivity index (χ0v) is 19.8. The van der Waals surface area contributed by atoms with Crippen molar-refractivity contribution in [3.8, 4) is 0 Å². The van der Waals surface area contributed by atoms with Crippen molar-refractivity contribution in [2.24, 2.45) is 5.92 Å². The minimum Gasteiger partial charge on any atom is -0.383 e. The summed E-state index contributed by atoms with van der Waals surface area (Å²) in [5.41, 5.74) is 6.01. The summed E-state index contributed by atoms with van der Waals surface area (Å²) in [6.07, 6.45) is 0.947. The van der Waals surface area contributed by atoms with Gasteiger partial charge in [-0.15, -0.1) is 11.8 Å². The van der Waals surface area contributed by atoms with E-state index in [4.69, 9.17) is 5.73 Å². The van der Waals surface area contributed by atoms with Gasteiger partial charge >= 0.3 is 5.69 Å². The number of aromatic amines is 1. The highest BCUT2D eigenvalue weighted by Crippen LogP contribution is 2.22. The summed E-state index contributed by atoms with van der Waals surface area (Å²) in [7, 11) is 0. The largest absolute Gasteiger partial charge is 0.383 e. The van der Waals surface area contributed by atoms with Crippen LogP contribution < -0.4 is 21.9 Å². The average Bonchev–Trinajstić information content (AvgIpc) is 2.80. The molecule has 0 aliphatic heterocycles. The van der Waals surface area contributed by atoms with Crippen LogP contribution >= 0.6 is 11.8 Å². The molecule has 3 aromatic rings. The number of thioether (sulfide) groups is 1. The lowest BCUT2D eigenvalue weighted by Gasteiger charge is -2.25. The van der Waals surface area contributed by atoms with E-state index in [1.54, 1.807) is 11.8 Å². The molecule has 3 rings (SSSR count). The second kappa shape index (κ2) is 11.6. The van der Waals surface area contributed by atoms with Crippen molar-refractivity contribution in [3.05, 3.63) is 87.1 Å². The summed E-state index contributed by atoms with van der Waals surface area (Å²) in [6.45, 7) is 4.66.